The van der Waals surface area contributed by atoms with Crippen LogP contribution in [0.3, 0.4) is 0 Å². The zero-order chi connectivity index (χ0) is 23.0. The lowest BCUT2D eigenvalue weighted by atomic mass is 10.1. The molecular formula is C25H26ClNO4. The highest BCUT2D eigenvalue weighted by atomic mass is 35.5. The van der Waals surface area contributed by atoms with Gasteiger partial charge >= 0.3 is 5.97 Å². The van der Waals surface area contributed by atoms with Crippen LogP contribution in [0.4, 0.5) is 0 Å². The molecule has 6 heteroatoms. The van der Waals surface area contributed by atoms with Crippen LogP contribution in [-0.2, 0) is 6.42 Å². The Morgan fingerprint density at radius 2 is 1.68 bits per heavy atom. The van der Waals surface area contributed by atoms with Crippen LogP contribution in [-0.4, -0.2) is 22.1 Å². The predicted octanol–water partition coefficient (Wildman–Crippen LogP) is 5.79. The van der Waals surface area contributed by atoms with Crippen LogP contribution >= 0.6 is 11.6 Å². The normalized spacial score (nSPS) is 11.1. The molecule has 162 valence electrons. The van der Waals surface area contributed by atoms with Crippen molar-refractivity contribution in [1.82, 2.24) is 5.32 Å². The molecule has 3 rings (SSSR count). The Hall–Kier alpha value is -3.31. The van der Waals surface area contributed by atoms with E-state index in [1.165, 1.54) is 41.5 Å². The molecule has 0 saturated heterocycles. The lowest BCUT2D eigenvalue weighted by Gasteiger charge is -2.15. The smallest absolute Gasteiger partial charge is 0.335 e. The van der Waals surface area contributed by atoms with Crippen LogP contribution in [0.2, 0.25) is 5.02 Å². The van der Waals surface area contributed by atoms with E-state index in [0.29, 0.717) is 5.02 Å². The van der Waals surface area contributed by atoms with Gasteiger partial charge in [-0.2, -0.15) is 0 Å². The van der Waals surface area contributed by atoms with Crippen molar-refractivity contribution in [3.05, 3.63) is 99.6 Å². The summed E-state index contributed by atoms with van der Waals surface area (Å²) in [5, 5.41) is 21.6. The summed E-state index contributed by atoms with van der Waals surface area (Å²) in [5.41, 5.74) is 3.87. The van der Waals surface area contributed by atoms with Gasteiger partial charge in [-0.05, 0) is 67.3 Å². The number of rotatable bonds is 5. The average Bonchev–Trinajstić information content (AvgIpc) is 2.76. The van der Waals surface area contributed by atoms with Gasteiger partial charge in [-0.3, -0.25) is 4.79 Å². The predicted molar refractivity (Wildman–Crippen MR) is 123 cm³/mol. The maximum Gasteiger partial charge on any atom is 0.335 e. The van der Waals surface area contributed by atoms with Gasteiger partial charge in [0.25, 0.3) is 5.91 Å². The molecule has 31 heavy (non-hydrogen) atoms. The molecule has 0 aromatic heterocycles. The molecule has 0 fully saturated rings. The second-order valence-electron chi connectivity index (χ2n) is 7.06. The van der Waals surface area contributed by atoms with Crippen molar-refractivity contribution in [2.75, 3.05) is 0 Å². The molecule has 3 N–H and O–H groups in total. The highest BCUT2D eigenvalue weighted by Crippen LogP contribution is 2.22. The molecule has 0 aliphatic heterocycles. The van der Waals surface area contributed by atoms with E-state index in [-0.39, 0.29) is 22.9 Å². The van der Waals surface area contributed by atoms with Crippen molar-refractivity contribution in [2.24, 2.45) is 0 Å². The van der Waals surface area contributed by atoms with Gasteiger partial charge in [0, 0.05) is 5.02 Å². The Bertz CT molecular complexity index is 1050. The molecule has 1 unspecified atom stereocenters. The van der Waals surface area contributed by atoms with Crippen molar-refractivity contribution >= 4 is 23.5 Å². The number of nitrogens with one attached hydrogen (secondary N) is 1. The van der Waals surface area contributed by atoms with Crippen LogP contribution in [0.25, 0.3) is 0 Å². The average molecular weight is 440 g/mol. The summed E-state index contributed by atoms with van der Waals surface area (Å²) >= 11 is 5.81. The molecule has 1 atom stereocenters. The van der Waals surface area contributed by atoms with E-state index in [0.717, 1.165) is 12.0 Å². The fourth-order valence-electron chi connectivity index (χ4n) is 2.97. The summed E-state index contributed by atoms with van der Waals surface area (Å²) in [4.78, 5) is 23.0. The highest BCUT2D eigenvalue weighted by Gasteiger charge is 2.15. The molecule has 3 aromatic rings. The topological polar surface area (TPSA) is 86.6 Å². The molecule has 0 saturated carbocycles. The van der Waals surface area contributed by atoms with Crippen molar-refractivity contribution in [3.63, 3.8) is 0 Å². The van der Waals surface area contributed by atoms with Gasteiger partial charge in [0.15, 0.2) is 0 Å². The second-order valence-corrected chi connectivity index (χ2v) is 7.50. The van der Waals surface area contributed by atoms with E-state index in [4.69, 9.17) is 16.7 Å². The Labute approximate surface area is 187 Å². The number of amides is 1. The first-order chi connectivity index (χ1) is 14.7. The Kier molecular flexibility index (Phi) is 8.64. The number of hydrogen-bond acceptors (Lipinski definition) is 3. The molecule has 0 spiro atoms. The van der Waals surface area contributed by atoms with Crippen molar-refractivity contribution in [1.29, 1.82) is 0 Å². The molecule has 0 heterocycles. The monoisotopic (exact) mass is 439 g/mol. The number of aryl methyl sites for hydroxylation is 2. The summed E-state index contributed by atoms with van der Waals surface area (Å²) in [6, 6.07) is 18.6. The zero-order valence-electron chi connectivity index (χ0n) is 17.7. The minimum Gasteiger partial charge on any atom is -0.507 e. The summed E-state index contributed by atoms with van der Waals surface area (Å²) in [6.45, 7) is 6.09. The van der Waals surface area contributed by atoms with Gasteiger partial charge in [-0.1, -0.05) is 54.9 Å². The number of carbonyl (C=O) groups is 2. The summed E-state index contributed by atoms with van der Waals surface area (Å²) in [7, 11) is 0. The maximum absolute atomic E-state index is 12.2. The largest absolute Gasteiger partial charge is 0.507 e. The molecule has 5 nitrogen and oxygen atoms in total. The minimum absolute atomic E-state index is 0.0847. The number of phenols is 1. The summed E-state index contributed by atoms with van der Waals surface area (Å²) in [5.74, 6) is -1.63. The van der Waals surface area contributed by atoms with E-state index >= 15 is 0 Å². The van der Waals surface area contributed by atoms with Crippen molar-refractivity contribution in [2.45, 2.75) is 33.2 Å². The van der Waals surface area contributed by atoms with Gasteiger partial charge in [0.2, 0.25) is 0 Å². The van der Waals surface area contributed by atoms with Crippen LogP contribution in [0, 0.1) is 6.92 Å². The van der Waals surface area contributed by atoms with Crippen LogP contribution < -0.4 is 5.32 Å². The maximum atomic E-state index is 12.2. The first-order valence-corrected chi connectivity index (χ1v) is 10.3. The minimum atomic E-state index is -1.01. The number of aromatic hydroxyl groups is 1. The molecule has 3 aromatic carbocycles. The molecule has 0 aliphatic carbocycles. The van der Waals surface area contributed by atoms with Gasteiger partial charge in [0.05, 0.1) is 17.2 Å². The molecule has 1 amide bonds. The zero-order valence-corrected chi connectivity index (χ0v) is 18.5. The van der Waals surface area contributed by atoms with E-state index in [2.05, 4.69) is 43.4 Å². The Morgan fingerprint density at radius 1 is 1.03 bits per heavy atom. The third-order valence-electron chi connectivity index (χ3n) is 4.85. The molecule has 0 aliphatic rings. The van der Waals surface area contributed by atoms with E-state index in [1.807, 2.05) is 0 Å². The van der Waals surface area contributed by atoms with Crippen LogP contribution in [0.15, 0.2) is 66.7 Å². The number of carboxylic acids is 1. The fraction of sp³-hybridized carbons (Fsp3) is 0.200. The van der Waals surface area contributed by atoms with Crippen molar-refractivity contribution < 1.29 is 19.8 Å². The third-order valence-corrected chi connectivity index (χ3v) is 5.09. The van der Waals surface area contributed by atoms with Crippen LogP contribution in [0.1, 0.15) is 57.3 Å². The molecule has 0 bridgehead atoms. The van der Waals surface area contributed by atoms with Gasteiger partial charge in [-0.15, -0.1) is 0 Å². The van der Waals surface area contributed by atoms with Gasteiger partial charge in [0.1, 0.15) is 5.75 Å². The number of carbonyl (C=O) groups excluding carboxylic acids is 1. The van der Waals surface area contributed by atoms with E-state index < -0.39 is 11.9 Å². The number of aromatic carboxylic acids is 1. The lowest BCUT2D eigenvalue weighted by molar-refractivity contribution is 0.0696. The number of hydrogen-bond donors (Lipinski definition) is 3. The summed E-state index contributed by atoms with van der Waals surface area (Å²) in [6.07, 6.45) is 1.15. The number of benzene rings is 3. The Balaban J connectivity index is 0.000000316. The standard InChI is InChI=1S/C16H14ClNO4.C9H12/c1-9(10-2-4-11(5-3-10)16(21)22)18-15(20)13-8-12(17)6-7-14(13)19;1-3-9-7-5-4-6-8(9)2/h2-9,19H,1H3,(H,18,20)(H,21,22);4-7H,3H2,1-2H3. The number of halogens is 1. The second kappa shape index (κ2) is 11.2. The van der Waals surface area contributed by atoms with Crippen molar-refractivity contribution in [3.8, 4) is 5.75 Å². The number of phenolic OH excluding ortho intramolecular Hbond substituents is 1. The fourth-order valence-corrected chi connectivity index (χ4v) is 3.14. The Morgan fingerprint density at radius 3 is 2.23 bits per heavy atom. The first-order valence-electron chi connectivity index (χ1n) is 9.90. The molecular weight excluding hydrogens is 414 g/mol. The molecule has 0 radical (unpaired) electrons. The highest BCUT2D eigenvalue weighted by molar-refractivity contribution is 6.31. The van der Waals surface area contributed by atoms with Gasteiger partial charge < -0.3 is 15.5 Å². The van der Waals surface area contributed by atoms with Crippen LogP contribution in [0.5, 0.6) is 5.75 Å². The van der Waals surface area contributed by atoms with Gasteiger partial charge in [-0.25, -0.2) is 4.79 Å². The summed E-state index contributed by atoms with van der Waals surface area (Å²) < 4.78 is 0. The van der Waals surface area contributed by atoms with E-state index in [9.17, 15) is 14.7 Å². The SMILES string of the molecule is CC(NC(=O)c1cc(Cl)ccc1O)c1ccc(C(=O)O)cc1.CCc1ccccc1C. The lowest BCUT2D eigenvalue weighted by Crippen LogP contribution is -2.26. The third kappa shape index (κ3) is 6.86. The quantitative estimate of drug-likeness (QED) is 0.469. The first kappa shape index (κ1) is 24.0. The number of carboxylic acid groups (broad SMARTS) is 1. The van der Waals surface area contributed by atoms with E-state index in [1.54, 1.807) is 19.1 Å².